The molecular weight excluding hydrogens is 382 g/mol. The molecule has 1 heterocycles. The van der Waals surface area contributed by atoms with E-state index in [1.165, 1.54) is 24.0 Å². The second kappa shape index (κ2) is 6.24. The number of fused-ring (bicyclic) bond motifs is 2. The molecule has 0 fully saturated rings. The maximum atomic E-state index is 12.4. The van der Waals surface area contributed by atoms with Crippen molar-refractivity contribution in [3.8, 4) is 0 Å². The normalized spacial score (nSPS) is 22.9. The summed E-state index contributed by atoms with van der Waals surface area (Å²) >= 11 is 3.38. The van der Waals surface area contributed by atoms with Crippen LogP contribution in [0.2, 0.25) is 0 Å². The molecule has 0 radical (unpaired) electrons. The molecule has 130 valence electrons. The lowest BCUT2D eigenvalue weighted by Crippen LogP contribution is -2.36. The minimum Gasteiger partial charge on any atom is -0.388 e. The van der Waals surface area contributed by atoms with Crippen molar-refractivity contribution in [2.75, 3.05) is 5.32 Å². The van der Waals surface area contributed by atoms with Gasteiger partial charge in [-0.3, -0.25) is 4.79 Å². The first-order valence-corrected chi connectivity index (χ1v) is 9.40. The van der Waals surface area contributed by atoms with Crippen LogP contribution in [0.3, 0.4) is 0 Å². The third-order valence-corrected chi connectivity index (χ3v) is 5.79. The molecule has 2 aromatic carbocycles. The van der Waals surface area contributed by atoms with Crippen LogP contribution in [-0.4, -0.2) is 16.1 Å². The third-order valence-electron chi connectivity index (χ3n) is 5.30. The first-order valence-electron chi connectivity index (χ1n) is 8.61. The molecule has 1 aliphatic carbocycles. The van der Waals surface area contributed by atoms with Gasteiger partial charge in [0.1, 0.15) is 0 Å². The molecule has 25 heavy (non-hydrogen) atoms. The Kier molecular flexibility index (Phi) is 4.18. The number of nitrogens with one attached hydrogen (secondary N) is 1. The molecule has 2 atom stereocenters. The van der Waals surface area contributed by atoms with Crippen LogP contribution >= 0.6 is 15.9 Å². The van der Waals surface area contributed by atoms with Gasteiger partial charge < -0.3 is 15.5 Å². The Morgan fingerprint density at radius 1 is 1.12 bits per heavy atom. The van der Waals surface area contributed by atoms with Crippen molar-refractivity contribution >= 4 is 27.5 Å². The van der Waals surface area contributed by atoms with E-state index in [1.54, 1.807) is 12.1 Å². The maximum Gasteiger partial charge on any atom is 0.261 e. The highest BCUT2D eigenvalue weighted by atomic mass is 79.9. The second-order valence-electron chi connectivity index (χ2n) is 6.96. The fraction of sp³-hybridized carbons (Fsp3) is 0.350. The SMILES string of the molecule is O=C1Nc2ccc(Br)cc2C1(O)CC(O)c1ccc2c(c1)CCCC2. The van der Waals surface area contributed by atoms with Gasteiger partial charge in [-0.25, -0.2) is 0 Å². The molecule has 2 aromatic rings. The molecule has 0 saturated carbocycles. The van der Waals surface area contributed by atoms with Crippen LogP contribution in [0.5, 0.6) is 0 Å². The predicted molar refractivity (Wildman–Crippen MR) is 99.3 cm³/mol. The lowest BCUT2D eigenvalue weighted by Gasteiger charge is -2.25. The number of aliphatic hydroxyl groups excluding tert-OH is 1. The molecule has 1 amide bonds. The Morgan fingerprint density at radius 3 is 2.68 bits per heavy atom. The van der Waals surface area contributed by atoms with Crippen LogP contribution in [0.25, 0.3) is 0 Å². The van der Waals surface area contributed by atoms with Gasteiger partial charge in [0.05, 0.1) is 6.10 Å². The Hall–Kier alpha value is -1.69. The highest BCUT2D eigenvalue weighted by Crippen LogP contribution is 2.43. The predicted octanol–water partition coefficient (Wildman–Crippen LogP) is 3.59. The summed E-state index contributed by atoms with van der Waals surface area (Å²) in [6.07, 6.45) is 3.51. The Bertz CT molecular complexity index is 851. The number of carbonyl (C=O) groups is 1. The van der Waals surface area contributed by atoms with Crippen LogP contribution < -0.4 is 5.32 Å². The summed E-state index contributed by atoms with van der Waals surface area (Å²) in [5.74, 6) is -0.488. The van der Waals surface area contributed by atoms with E-state index >= 15 is 0 Å². The molecule has 1 aliphatic heterocycles. The number of anilines is 1. The van der Waals surface area contributed by atoms with E-state index in [2.05, 4.69) is 27.3 Å². The molecule has 3 N–H and O–H groups in total. The van der Waals surface area contributed by atoms with E-state index in [0.717, 1.165) is 22.9 Å². The van der Waals surface area contributed by atoms with Gasteiger partial charge >= 0.3 is 0 Å². The van der Waals surface area contributed by atoms with Gasteiger partial charge in [0, 0.05) is 22.1 Å². The van der Waals surface area contributed by atoms with Gasteiger partial charge in [-0.1, -0.05) is 34.1 Å². The van der Waals surface area contributed by atoms with Gasteiger partial charge in [0.15, 0.2) is 5.60 Å². The first-order chi connectivity index (χ1) is 12.0. The zero-order chi connectivity index (χ0) is 17.6. The lowest BCUT2D eigenvalue weighted by molar-refractivity contribution is -0.137. The van der Waals surface area contributed by atoms with Crippen molar-refractivity contribution < 1.29 is 15.0 Å². The molecule has 2 unspecified atom stereocenters. The average Bonchev–Trinajstić information content (AvgIpc) is 2.85. The molecule has 0 spiro atoms. The summed E-state index contributed by atoms with van der Waals surface area (Å²) in [6.45, 7) is 0. The largest absolute Gasteiger partial charge is 0.388 e. The smallest absolute Gasteiger partial charge is 0.261 e. The number of rotatable bonds is 3. The molecule has 4 rings (SSSR count). The second-order valence-corrected chi connectivity index (χ2v) is 7.88. The van der Waals surface area contributed by atoms with Crippen molar-refractivity contribution in [3.05, 3.63) is 63.1 Å². The standard InChI is InChI=1S/C20H20BrNO3/c21-15-7-8-17-16(10-15)20(25,19(24)22-17)11-18(23)14-6-5-12-3-1-2-4-13(12)9-14/h5-10,18,23,25H,1-4,11H2,(H,22,24). The summed E-state index contributed by atoms with van der Waals surface area (Å²) in [5.41, 5.74) is 2.74. The number of benzene rings is 2. The quantitative estimate of drug-likeness (QED) is 0.735. The highest BCUT2D eigenvalue weighted by Gasteiger charge is 2.46. The van der Waals surface area contributed by atoms with E-state index in [1.807, 2.05) is 18.2 Å². The number of hydrogen-bond acceptors (Lipinski definition) is 3. The molecule has 5 heteroatoms. The van der Waals surface area contributed by atoms with E-state index in [9.17, 15) is 15.0 Å². The third kappa shape index (κ3) is 2.90. The summed E-state index contributed by atoms with van der Waals surface area (Å²) in [5, 5.41) is 24.4. The zero-order valence-corrected chi connectivity index (χ0v) is 15.3. The minimum absolute atomic E-state index is 0.0684. The fourth-order valence-electron chi connectivity index (χ4n) is 3.88. The van der Waals surface area contributed by atoms with Crippen molar-refractivity contribution in [3.63, 3.8) is 0 Å². The number of aryl methyl sites for hydroxylation is 2. The topological polar surface area (TPSA) is 69.6 Å². The van der Waals surface area contributed by atoms with E-state index in [0.29, 0.717) is 11.3 Å². The van der Waals surface area contributed by atoms with Crippen molar-refractivity contribution in [1.29, 1.82) is 0 Å². The van der Waals surface area contributed by atoms with Crippen LogP contribution in [0.1, 0.15) is 47.6 Å². The fourth-order valence-corrected chi connectivity index (χ4v) is 4.24. The number of halogens is 1. The summed E-state index contributed by atoms with van der Waals surface area (Å²) in [7, 11) is 0. The molecule has 2 aliphatic rings. The summed E-state index contributed by atoms with van der Waals surface area (Å²) < 4.78 is 0.782. The van der Waals surface area contributed by atoms with Crippen molar-refractivity contribution in [1.82, 2.24) is 0 Å². The van der Waals surface area contributed by atoms with Gasteiger partial charge in [0.25, 0.3) is 5.91 Å². The number of amides is 1. The van der Waals surface area contributed by atoms with E-state index < -0.39 is 17.6 Å². The Balaban J connectivity index is 1.63. The van der Waals surface area contributed by atoms with Gasteiger partial charge in [-0.05, 0) is 60.6 Å². The first kappa shape index (κ1) is 16.8. The van der Waals surface area contributed by atoms with Crippen LogP contribution in [0.15, 0.2) is 40.9 Å². The maximum absolute atomic E-state index is 12.4. The number of aliphatic hydroxyl groups is 2. The average molecular weight is 402 g/mol. The molecule has 0 saturated heterocycles. The van der Waals surface area contributed by atoms with Crippen molar-refractivity contribution in [2.24, 2.45) is 0 Å². The summed E-state index contributed by atoms with van der Waals surface area (Å²) in [4.78, 5) is 12.4. The monoisotopic (exact) mass is 401 g/mol. The van der Waals surface area contributed by atoms with E-state index in [-0.39, 0.29) is 6.42 Å². The van der Waals surface area contributed by atoms with Crippen LogP contribution in [0.4, 0.5) is 5.69 Å². The van der Waals surface area contributed by atoms with Crippen LogP contribution in [-0.2, 0) is 23.2 Å². The summed E-state index contributed by atoms with van der Waals surface area (Å²) in [6, 6.07) is 11.3. The minimum atomic E-state index is -1.73. The van der Waals surface area contributed by atoms with Gasteiger partial charge in [-0.15, -0.1) is 0 Å². The molecule has 0 aromatic heterocycles. The molecule has 4 nitrogen and oxygen atoms in total. The highest BCUT2D eigenvalue weighted by molar-refractivity contribution is 9.10. The number of carbonyl (C=O) groups excluding carboxylic acids is 1. The van der Waals surface area contributed by atoms with Gasteiger partial charge in [0.2, 0.25) is 0 Å². The molecule has 0 bridgehead atoms. The Labute approximate surface area is 155 Å². The van der Waals surface area contributed by atoms with Crippen molar-refractivity contribution in [2.45, 2.75) is 43.8 Å². The zero-order valence-electron chi connectivity index (χ0n) is 13.8. The van der Waals surface area contributed by atoms with Gasteiger partial charge in [-0.2, -0.15) is 0 Å². The Morgan fingerprint density at radius 2 is 1.88 bits per heavy atom. The molecular formula is C20H20BrNO3. The lowest BCUT2D eigenvalue weighted by atomic mass is 9.85. The van der Waals surface area contributed by atoms with E-state index in [4.69, 9.17) is 0 Å². The number of hydrogen-bond donors (Lipinski definition) is 3. The van der Waals surface area contributed by atoms with Crippen LogP contribution in [0, 0.1) is 0 Å².